The first-order valence-corrected chi connectivity index (χ1v) is 11.1. The summed E-state index contributed by atoms with van der Waals surface area (Å²) >= 11 is 0. The SMILES string of the molecule is COc1ccc(N(Cc2ccccc2F)S(=O)(=O)c2ccc(NC(C)=O)cc2)cc1OC. The molecule has 0 aromatic heterocycles. The largest absolute Gasteiger partial charge is 0.493 e. The molecule has 0 aliphatic carbocycles. The highest BCUT2D eigenvalue weighted by Gasteiger charge is 2.27. The first-order valence-electron chi connectivity index (χ1n) is 9.62. The van der Waals surface area contributed by atoms with Crippen molar-refractivity contribution in [1.82, 2.24) is 0 Å². The molecule has 0 saturated carbocycles. The van der Waals surface area contributed by atoms with Crippen LogP contribution in [0.2, 0.25) is 0 Å². The summed E-state index contributed by atoms with van der Waals surface area (Å²) in [5, 5.41) is 2.59. The van der Waals surface area contributed by atoms with Crippen molar-refractivity contribution in [3.63, 3.8) is 0 Å². The zero-order valence-electron chi connectivity index (χ0n) is 17.8. The Morgan fingerprint density at radius 3 is 2.22 bits per heavy atom. The van der Waals surface area contributed by atoms with Gasteiger partial charge in [0.1, 0.15) is 5.82 Å². The van der Waals surface area contributed by atoms with Crippen LogP contribution in [0.5, 0.6) is 11.5 Å². The van der Waals surface area contributed by atoms with Gasteiger partial charge in [-0.1, -0.05) is 18.2 Å². The van der Waals surface area contributed by atoms with E-state index in [1.54, 1.807) is 18.2 Å². The summed E-state index contributed by atoms with van der Waals surface area (Å²) in [5.74, 6) is -0.0276. The summed E-state index contributed by atoms with van der Waals surface area (Å²) in [6, 6.07) is 16.4. The molecule has 0 aliphatic rings. The molecule has 9 heteroatoms. The van der Waals surface area contributed by atoms with Gasteiger partial charge >= 0.3 is 0 Å². The van der Waals surface area contributed by atoms with E-state index in [0.717, 1.165) is 4.31 Å². The third-order valence-corrected chi connectivity index (χ3v) is 6.48. The summed E-state index contributed by atoms with van der Waals surface area (Å²) in [4.78, 5) is 11.2. The highest BCUT2D eigenvalue weighted by molar-refractivity contribution is 7.92. The van der Waals surface area contributed by atoms with E-state index >= 15 is 0 Å². The lowest BCUT2D eigenvalue weighted by atomic mass is 10.2. The number of carbonyl (C=O) groups excluding carboxylic acids is 1. The number of nitrogens with zero attached hydrogens (tertiary/aromatic N) is 1. The molecule has 32 heavy (non-hydrogen) atoms. The monoisotopic (exact) mass is 458 g/mol. The van der Waals surface area contributed by atoms with Crippen LogP contribution in [0.4, 0.5) is 15.8 Å². The summed E-state index contributed by atoms with van der Waals surface area (Å²) in [5.41, 5.74) is 0.945. The second-order valence-electron chi connectivity index (χ2n) is 6.85. The van der Waals surface area contributed by atoms with Crippen LogP contribution in [0, 0.1) is 5.82 Å². The summed E-state index contributed by atoms with van der Waals surface area (Å²) in [7, 11) is -1.18. The van der Waals surface area contributed by atoms with Crippen molar-refractivity contribution in [2.75, 3.05) is 23.8 Å². The van der Waals surface area contributed by atoms with E-state index in [4.69, 9.17) is 9.47 Å². The number of methoxy groups -OCH3 is 2. The Labute approximate surface area is 186 Å². The van der Waals surface area contributed by atoms with Crippen LogP contribution in [-0.4, -0.2) is 28.5 Å². The zero-order chi connectivity index (χ0) is 23.3. The fraction of sp³-hybridized carbons (Fsp3) is 0.174. The quantitative estimate of drug-likeness (QED) is 0.547. The van der Waals surface area contributed by atoms with Gasteiger partial charge in [0, 0.05) is 24.2 Å². The van der Waals surface area contributed by atoms with E-state index in [1.165, 1.54) is 69.7 Å². The number of carbonyl (C=O) groups is 1. The molecule has 0 aliphatic heterocycles. The van der Waals surface area contributed by atoms with E-state index in [1.807, 2.05) is 0 Å². The predicted octanol–water partition coefficient (Wildman–Crippen LogP) is 4.20. The Bertz CT molecular complexity index is 1210. The molecular formula is C23H23FN2O5S. The van der Waals surface area contributed by atoms with E-state index < -0.39 is 15.8 Å². The molecule has 7 nitrogen and oxygen atoms in total. The van der Waals surface area contributed by atoms with E-state index in [0.29, 0.717) is 17.2 Å². The van der Waals surface area contributed by atoms with Gasteiger partial charge in [0.25, 0.3) is 10.0 Å². The van der Waals surface area contributed by atoms with E-state index in [9.17, 15) is 17.6 Å². The van der Waals surface area contributed by atoms with Gasteiger partial charge in [-0.25, -0.2) is 12.8 Å². The van der Waals surface area contributed by atoms with Crippen molar-refractivity contribution < 1.29 is 27.1 Å². The molecule has 0 saturated heterocycles. The van der Waals surface area contributed by atoms with E-state index in [-0.39, 0.29) is 28.6 Å². The number of hydrogen-bond donors (Lipinski definition) is 1. The highest BCUT2D eigenvalue weighted by atomic mass is 32.2. The maximum absolute atomic E-state index is 14.4. The molecule has 168 valence electrons. The molecule has 0 bridgehead atoms. The Kier molecular flexibility index (Phi) is 6.99. The number of ether oxygens (including phenoxy) is 2. The average molecular weight is 459 g/mol. The predicted molar refractivity (Wildman–Crippen MR) is 120 cm³/mol. The standard InChI is InChI=1S/C23H23FN2O5S/c1-16(27)25-18-8-11-20(12-9-18)32(28,29)26(15-17-6-4-5-7-21(17)24)19-10-13-22(30-2)23(14-19)31-3/h4-14H,15H2,1-3H3,(H,25,27). The summed E-state index contributed by atoms with van der Waals surface area (Å²) in [6.07, 6.45) is 0. The highest BCUT2D eigenvalue weighted by Crippen LogP contribution is 2.35. The van der Waals surface area contributed by atoms with Gasteiger partial charge in [-0.2, -0.15) is 0 Å². The lowest BCUT2D eigenvalue weighted by molar-refractivity contribution is -0.114. The number of halogens is 1. The smallest absolute Gasteiger partial charge is 0.264 e. The first-order chi connectivity index (χ1) is 15.3. The Hall–Kier alpha value is -3.59. The molecule has 1 N–H and O–H groups in total. The molecule has 3 aromatic rings. The molecule has 3 aromatic carbocycles. The maximum atomic E-state index is 14.4. The van der Waals surface area contributed by atoms with Crippen molar-refractivity contribution in [3.8, 4) is 11.5 Å². The average Bonchev–Trinajstić information content (AvgIpc) is 2.78. The van der Waals surface area contributed by atoms with Gasteiger partial charge in [-0.15, -0.1) is 0 Å². The molecule has 1 amide bonds. The second-order valence-corrected chi connectivity index (χ2v) is 8.71. The number of sulfonamides is 1. The molecule has 0 atom stereocenters. The van der Waals surface area contributed by atoms with Crippen LogP contribution in [0.15, 0.2) is 71.6 Å². The molecule has 0 radical (unpaired) electrons. The molecule has 0 unspecified atom stereocenters. The van der Waals surface area contributed by atoms with Crippen molar-refractivity contribution >= 4 is 27.3 Å². The van der Waals surface area contributed by atoms with Crippen molar-refractivity contribution in [2.24, 2.45) is 0 Å². The van der Waals surface area contributed by atoms with Crippen LogP contribution in [-0.2, 0) is 21.4 Å². The fourth-order valence-corrected chi connectivity index (χ4v) is 4.55. The second kappa shape index (κ2) is 9.69. The lowest BCUT2D eigenvalue weighted by Gasteiger charge is -2.26. The summed E-state index contributed by atoms with van der Waals surface area (Å²) in [6.45, 7) is 1.12. The van der Waals surface area contributed by atoms with Crippen LogP contribution in [0.1, 0.15) is 12.5 Å². The number of benzene rings is 3. The van der Waals surface area contributed by atoms with Gasteiger partial charge in [-0.05, 0) is 42.5 Å². The Balaban J connectivity index is 2.09. The van der Waals surface area contributed by atoms with Gasteiger partial charge in [0.2, 0.25) is 5.91 Å². The van der Waals surface area contributed by atoms with Crippen LogP contribution < -0.4 is 19.1 Å². The number of anilines is 2. The normalized spacial score (nSPS) is 11.0. The first kappa shape index (κ1) is 23.1. The minimum Gasteiger partial charge on any atom is -0.493 e. The number of rotatable bonds is 8. The molecule has 3 rings (SSSR count). The van der Waals surface area contributed by atoms with Crippen LogP contribution >= 0.6 is 0 Å². The Morgan fingerprint density at radius 1 is 0.969 bits per heavy atom. The molecule has 0 heterocycles. The fourth-order valence-electron chi connectivity index (χ4n) is 3.12. The summed E-state index contributed by atoms with van der Waals surface area (Å²) < 4.78 is 53.2. The molecular weight excluding hydrogens is 435 g/mol. The number of hydrogen-bond acceptors (Lipinski definition) is 5. The van der Waals surface area contributed by atoms with Crippen molar-refractivity contribution in [3.05, 3.63) is 78.1 Å². The number of nitrogens with one attached hydrogen (secondary N) is 1. The third kappa shape index (κ3) is 5.00. The van der Waals surface area contributed by atoms with E-state index in [2.05, 4.69) is 5.32 Å². The van der Waals surface area contributed by atoms with Gasteiger partial charge in [0.15, 0.2) is 11.5 Å². The van der Waals surface area contributed by atoms with Gasteiger partial charge in [0.05, 0.1) is 31.3 Å². The topological polar surface area (TPSA) is 84.9 Å². The van der Waals surface area contributed by atoms with Gasteiger partial charge in [-0.3, -0.25) is 9.10 Å². The Morgan fingerprint density at radius 2 is 1.62 bits per heavy atom. The minimum atomic E-state index is -4.10. The third-order valence-electron chi connectivity index (χ3n) is 4.69. The molecule has 0 fully saturated rings. The minimum absolute atomic E-state index is 0.0160. The van der Waals surface area contributed by atoms with Crippen molar-refractivity contribution in [2.45, 2.75) is 18.4 Å². The number of amides is 1. The van der Waals surface area contributed by atoms with Crippen LogP contribution in [0.25, 0.3) is 0 Å². The zero-order valence-corrected chi connectivity index (χ0v) is 18.6. The molecule has 0 spiro atoms. The lowest BCUT2D eigenvalue weighted by Crippen LogP contribution is -2.31. The maximum Gasteiger partial charge on any atom is 0.264 e. The van der Waals surface area contributed by atoms with Crippen molar-refractivity contribution in [1.29, 1.82) is 0 Å². The van der Waals surface area contributed by atoms with Crippen LogP contribution in [0.3, 0.4) is 0 Å². The van der Waals surface area contributed by atoms with Gasteiger partial charge < -0.3 is 14.8 Å².